The standard InChI is InChI=1S/C17H36N2O9/c1-27-15(28-2)14(26)4-7-19(17(11-23,12-24)13-25)6-3-5-18-16(8-20,9-21)10-22/h4,7,14-15,18,20-26H,3,5-6,8-13H2,1-2H3/b7-4-/t14-/m0/s1. The van der Waals surface area contributed by atoms with E-state index in [1.165, 1.54) is 31.4 Å². The van der Waals surface area contributed by atoms with E-state index in [2.05, 4.69) is 5.32 Å². The second-order valence-corrected chi connectivity index (χ2v) is 6.60. The summed E-state index contributed by atoms with van der Waals surface area (Å²) in [5.74, 6) is 0. The van der Waals surface area contributed by atoms with Crippen LogP contribution < -0.4 is 5.32 Å². The minimum atomic E-state index is -1.37. The maximum Gasteiger partial charge on any atom is 0.186 e. The van der Waals surface area contributed by atoms with Gasteiger partial charge < -0.3 is 55.4 Å². The van der Waals surface area contributed by atoms with Gasteiger partial charge in [0.05, 0.1) is 45.2 Å². The predicted octanol–water partition coefficient (Wildman–Crippen LogP) is -3.81. The van der Waals surface area contributed by atoms with Crippen LogP contribution in [-0.2, 0) is 9.47 Å². The van der Waals surface area contributed by atoms with E-state index in [9.17, 15) is 35.7 Å². The number of nitrogens with zero attached hydrogens (tertiary/aromatic N) is 1. The van der Waals surface area contributed by atoms with Crippen LogP contribution in [0.1, 0.15) is 6.42 Å². The van der Waals surface area contributed by atoms with Gasteiger partial charge in [-0.2, -0.15) is 0 Å². The molecule has 0 fully saturated rings. The highest BCUT2D eigenvalue weighted by Crippen LogP contribution is 2.17. The zero-order valence-corrected chi connectivity index (χ0v) is 16.6. The molecule has 0 spiro atoms. The van der Waals surface area contributed by atoms with Crippen LogP contribution in [0.5, 0.6) is 0 Å². The lowest BCUT2D eigenvalue weighted by Gasteiger charge is -2.40. The number of methoxy groups -OCH3 is 2. The van der Waals surface area contributed by atoms with Crippen molar-refractivity contribution in [3.05, 3.63) is 12.3 Å². The van der Waals surface area contributed by atoms with Crippen molar-refractivity contribution in [1.29, 1.82) is 0 Å². The molecule has 0 saturated carbocycles. The fourth-order valence-electron chi connectivity index (χ4n) is 2.47. The molecule has 0 amide bonds. The molecule has 0 aliphatic heterocycles. The van der Waals surface area contributed by atoms with E-state index in [1.807, 2.05) is 0 Å². The summed E-state index contributed by atoms with van der Waals surface area (Å²) >= 11 is 0. The average molecular weight is 412 g/mol. The van der Waals surface area contributed by atoms with Crippen molar-refractivity contribution >= 4 is 0 Å². The summed E-state index contributed by atoms with van der Waals surface area (Å²) in [6.45, 7) is -2.48. The van der Waals surface area contributed by atoms with Crippen LogP contribution in [0, 0.1) is 0 Å². The van der Waals surface area contributed by atoms with Gasteiger partial charge in [0, 0.05) is 20.8 Å². The first-order valence-electron chi connectivity index (χ1n) is 8.97. The Morgan fingerprint density at radius 3 is 1.79 bits per heavy atom. The Labute approximate surface area is 165 Å². The predicted molar refractivity (Wildman–Crippen MR) is 100 cm³/mol. The Kier molecular flexibility index (Phi) is 13.7. The number of nitrogens with one attached hydrogen (secondary N) is 1. The quantitative estimate of drug-likeness (QED) is 0.0868. The molecule has 0 aliphatic rings. The van der Waals surface area contributed by atoms with Gasteiger partial charge in [-0.25, -0.2) is 0 Å². The Morgan fingerprint density at radius 2 is 1.39 bits per heavy atom. The summed E-state index contributed by atoms with van der Waals surface area (Å²) < 4.78 is 9.92. The second-order valence-electron chi connectivity index (χ2n) is 6.60. The molecule has 0 radical (unpaired) electrons. The summed E-state index contributed by atoms with van der Waals surface area (Å²) in [5, 5.41) is 70.0. The van der Waals surface area contributed by atoms with Crippen molar-refractivity contribution in [1.82, 2.24) is 10.2 Å². The highest BCUT2D eigenvalue weighted by molar-refractivity contribution is 5.00. The first-order valence-corrected chi connectivity index (χ1v) is 8.97. The molecular weight excluding hydrogens is 376 g/mol. The molecule has 0 aromatic rings. The van der Waals surface area contributed by atoms with E-state index in [0.717, 1.165) is 0 Å². The molecule has 0 heterocycles. The monoisotopic (exact) mass is 412 g/mol. The van der Waals surface area contributed by atoms with Crippen LogP contribution in [0.3, 0.4) is 0 Å². The number of ether oxygens (including phenoxy) is 2. The molecule has 0 saturated heterocycles. The summed E-state index contributed by atoms with van der Waals surface area (Å²) in [7, 11) is 2.73. The SMILES string of the molecule is COC(OC)[C@@H](O)/C=C\N(CCCNC(CO)(CO)CO)C(CO)(CO)CO. The smallest absolute Gasteiger partial charge is 0.186 e. The minimum Gasteiger partial charge on any atom is -0.394 e. The van der Waals surface area contributed by atoms with E-state index < -0.39 is 63.1 Å². The van der Waals surface area contributed by atoms with Crippen LogP contribution in [0.15, 0.2) is 12.3 Å². The molecule has 0 unspecified atom stereocenters. The van der Waals surface area contributed by atoms with Crippen molar-refractivity contribution in [2.24, 2.45) is 0 Å². The van der Waals surface area contributed by atoms with Gasteiger partial charge in [0.15, 0.2) is 6.29 Å². The first-order chi connectivity index (χ1) is 13.4. The van der Waals surface area contributed by atoms with E-state index in [0.29, 0.717) is 6.42 Å². The maximum atomic E-state index is 10.1. The lowest BCUT2D eigenvalue weighted by Crippen LogP contribution is -2.57. The summed E-state index contributed by atoms with van der Waals surface area (Å²) in [5.41, 5.74) is -2.59. The van der Waals surface area contributed by atoms with Crippen LogP contribution in [0.4, 0.5) is 0 Å². The maximum absolute atomic E-state index is 10.1. The highest BCUT2D eigenvalue weighted by Gasteiger charge is 2.34. The lowest BCUT2D eigenvalue weighted by atomic mass is 10.00. The molecule has 11 heteroatoms. The zero-order valence-electron chi connectivity index (χ0n) is 16.6. The number of aliphatic hydroxyl groups is 7. The molecule has 28 heavy (non-hydrogen) atoms. The fraction of sp³-hybridized carbons (Fsp3) is 0.882. The molecule has 0 aromatic carbocycles. The largest absolute Gasteiger partial charge is 0.394 e. The van der Waals surface area contributed by atoms with Crippen LogP contribution in [0.25, 0.3) is 0 Å². The molecule has 1 atom stereocenters. The fourth-order valence-corrected chi connectivity index (χ4v) is 2.47. The van der Waals surface area contributed by atoms with Gasteiger partial charge in [0.25, 0.3) is 0 Å². The number of rotatable bonds is 17. The number of aliphatic hydroxyl groups excluding tert-OH is 7. The highest BCUT2D eigenvalue weighted by atomic mass is 16.7. The molecule has 0 bridgehead atoms. The van der Waals surface area contributed by atoms with E-state index in [1.54, 1.807) is 0 Å². The molecule has 0 aromatic heterocycles. The van der Waals surface area contributed by atoms with Crippen LogP contribution in [-0.4, -0.2) is 131 Å². The van der Waals surface area contributed by atoms with Gasteiger partial charge >= 0.3 is 0 Å². The summed E-state index contributed by atoms with van der Waals surface area (Å²) in [6, 6.07) is 0. The third-order valence-electron chi connectivity index (χ3n) is 4.68. The van der Waals surface area contributed by atoms with Crippen LogP contribution in [0.2, 0.25) is 0 Å². The van der Waals surface area contributed by atoms with E-state index in [-0.39, 0.29) is 13.1 Å². The molecule has 8 N–H and O–H groups in total. The lowest BCUT2D eigenvalue weighted by molar-refractivity contribution is -0.150. The van der Waals surface area contributed by atoms with Gasteiger partial charge in [-0.05, 0) is 25.2 Å². The van der Waals surface area contributed by atoms with Gasteiger partial charge in [0.1, 0.15) is 11.6 Å². The van der Waals surface area contributed by atoms with Gasteiger partial charge in [-0.1, -0.05) is 0 Å². The third kappa shape index (κ3) is 7.52. The number of hydrogen-bond acceptors (Lipinski definition) is 11. The Hall–Kier alpha value is -0.860. The summed E-state index contributed by atoms with van der Waals surface area (Å²) in [6.07, 6.45) is 1.14. The van der Waals surface area contributed by atoms with E-state index in [4.69, 9.17) is 9.47 Å². The first kappa shape index (κ1) is 27.1. The molecular formula is C17H36N2O9. The Balaban J connectivity index is 5.16. The van der Waals surface area contributed by atoms with E-state index >= 15 is 0 Å². The van der Waals surface area contributed by atoms with Crippen LogP contribution >= 0.6 is 0 Å². The Morgan fingerprint density at radius 1 is 0.893 bits per heavy atom. The van der Waals surface area contributed by atoms with Gasteiger partial charge in [-0.15, -0.1) is 0 Å². The number of hydrogen-bond donors (Lipinski definition) is 8. The van der Waals surface area contributed by atoms with Gasteiger partial charge in [-0.3, -0.25) is 0 Å². The third-order valence-corrected chi connectivity index (χ3v) is 4.68. The topological polar surface area (TPSA) is 175 Å². The second kappa shape index (κ2) is 14.2. The van der Waals surface area contributed by atoms with Crippen molar-refractivity contribution < 1.29 is 45.2 Å². The molecule has 168 valence electrons. The van der Waals surface area contributed by atoms with Crippen molar-refractivity contribution in [2.45, 2.75) is 29.9 Å². The minimum absolute atomic E-state index is 0.237. The molecule has 0 aliphatic carbocycles. The zero-order chi connectivity index (χ0) is 21.6. The molecule has 11 nitrogen and oxygen atoms in total. The van der Waals surface area contributed by atoms with Crippen molar-refractivity contribution in [3.8, 4) is 0 Å². The normalized spacial score (nSPS) is 14.2. The average Bonchev–Trinajstić information content (AvgIpc) is 2.74. The van der Waals surface area contributed by atoms with Gasteiger partial charge in [0.2, 0.25) is 0 Å². The summed E-state index contributed by atoms with van der Waals surface area (Å²) in [4.78, 5) is 1.48. The Bertz CT molecular complexity index is 397. The molecule has 0 rings (SSSR count). The van der Waals surface area contributed by atoms with Crippen molar-refractivity contribution in [3.63, 3.8) is 0 Å². The van der Waals surface area contributed by atoms with Crippen molar-refractivity contribution in [2.75, 3.05) is 67.0 Å².